The van der Waals surface area contributed by atoms with Gasteiger partial charge in [-0.2, -0.15) is 0 Å². The van der Waals surface area contributed by atoms with Gasteiger partial charge in [-0.1, -0.05) is 11.3 Å². The Balaban J connectivity index is 1.62. The average Bonchev–Trinajstić information content (AvgIpc) is 3.25. The number of amides is 1. The van der Waals surface area contributed by atoms with Crippen molar-refractivity contribution in [3.8, 4) is 5.69 Å². The van der Waals surface area contributed by atoms with Crippen LogP contribution in [0.3, 0.4) is 0 Å². The molecule has 24 heavy (non-hydrogen) atoms. The van der Waals surface area contributed by atoms with Crippen LogP contribution < -0.4 is 5.32 Å². The van der Waals surface area contributed by atoms with E-state index in [2.05, 4.69) is 35.9 Å². The maximum Gasteiger partial charge on any atom is 0.257 e. The third-order valence-electron chi connectivity index (χ3n) is 3.20. The molecule has 1 N–H and O–H groups in total. The van der Waals surface area contributed by atoms with Gasteiger partial charge in [0, 0.05) is 18.5 Å². The lowest BCUT2D eigenvalue weighted by Crippen LogP contribution is -2.14. The second kappa shape index (κ2) is 7.23. The number of nitrogens with zero attached hydrogens (tertiary/aromatic N) is 7. The van der Waals surface area contributed by atoms with Crippen LogP contribution in [-0.2, 0) is 6.42 Å². The molecule has 0 aliphatic heterocycles. The van der Waals surface area contributed by atoms with E-state index in [1.54, 1.807) is 24.3 Å². The first-order valence-electron chi connectivity index (χ1n) is 7.24. The SMILES string of the molecule is CN(C)CCc1nnc(NC(=O)c2ccc(-n3cnnn3)cc2)s1. The molecule has 1 aromatic carbocycles. The van der Waals surface area contributed by atoms with Crippen LogP contribution in [0.5, 0.6) is 0 Å². The molecule has 10 heteroatoms. The molecule has 0 bridgehead atoms. The highest BCUT2D eigenvalue weighted by molar-refractivity contribution is 7.15. The van der Waals surface area contributed by atoms with E-state index in [-0.39, 0.29) is 5.91 Å². The number of rotatable bonds is 6. The van der Waals surface area contributed by atoms with Crippen LogP contribution in [0.15, 0.2) is 30.6 Å². The highest BCUT2D eigenvalue weighted by Crippen LogP contribution is 2.17. The molecule has 0 spiro atoms. The topological polar surface area (TPSA) is 102 Å². The number of hydrogen-bond acceptors (Lipinski definition) is 8. The fraction of sp³-hybridized carbons (Fsp3) is 0.286. The van der Waals surface area contributed by atoms with Crippen LogP contribution in [-0.4, -0.2) is 61.9 Å². The van der Waals surface area contributed by atoms with E-state index in [0.29, 0.717) is 10.7 Å². The van der Waals surface area contributed by atoms with Gasteiger partial charge in [-0.25, -0.2) is 4.68 Å². The molecule has 0 unspecified atom stereocenters. The van der Waals surface area contributed by atoms with Crippen molar-refractivity contribution in [2.75, 3.05) is 26.0 Å². The summed E-state index contributed by atoms with van der Waals surface area (Å²) in [6.45, 7) is 0.890. The third kappa shape index (κ3) is 3.97. The predicted octanol–water partition coefficient (Wildman–Crippen LogP) is 0.870. The molecule has 3 rings (SSSR count). The first-order chi connectivity index (χ1) is 11.6. The summed E-state index contributed by atoms with van der Waals surface area (Å²) in [5.74, 6) is -0.228. The van der Waals surface area contributed by atoms with E-state index in [0.717, 1.165) is 23.7 Å². The van der Waals surface area contributed by atoms with E-state index in [1.807, 2.05) is 14.1 Å². The van der Waals surface area contributed by atoms with Gasteiger partial charge in [0.05, 0.1) is 5.69 Å². The quantitative estimate of drug-likeness (QED) is 0.708. The first-order valence-corrected chi connectivity index (χ1v) is 8.05. The molecule has 0 atom stereocenters. The van der Waals surface area contributed by atoms with Crippen molar-refractivity contribution in [3.63, 3.8) is 0 Å². The number of anilines is 1. The summed E-state index contributed by atoms with van der Waals surface area (Å²) in [5, 5.41) is 23.2. The summed E-state index contributed by atoms with van der Waals surface area (Å²) >= 11 is 1.39. The van der Waals surface area contributed by atoms with Gasteiger partial charge in [-0.05, 0) is 48.8 Å². The third-order valence-corrected chi connectivity index (χ3v) is 4.10. The highest BCUT2D eigenvalue weighted by atomic mass is 32.1. The minimum atomic E-state index is -0.228. The van der Waals surface area contributed by atoms with Crippen molar-refractivity contribution < 1.29 is 4.79 Å². The lowest BCUT2D eigenvalue weighted by Gasteiger charge is -2.05. The lowest BCUT2D eigenvalue weighted by atomic mass is 10.2. The molecule has 0 saturated carbocycles. The predicted molar refractivity (Wildman–Crippen MR) is 89.3 cm³/mol. The number of carbonyl (C=O) groups excluding carboxylic acids is 1. The molecular weight excluding hydrogens is 328 g/mol. The maximum atomic E-state index is 12.3. The van der Waals surface area contributed by atoms with Crippen LogP contribution in [0.25, 0.3) is 5.69 Å². The molecule has 0 fully saturated rings. The standard InChI is InChI=1S/C14H16N8OS/c1-21(2)8-7-12-17-18-14(24-12)16-13(23)10-3-5-11(6-4-10)22-9-15-19-20-22/h3-6,9H,7-8H2,1-2H3,(H,16,18,23). The van der Waals surface area contributed by atoms with Gasteiger partial charge in [0.2, 0.25) is 5.13 Å². The number of likely N-dealkylation sites (N-methyl/N-ethyl adjacent to an activating group) is 1. The summed E-state index contributed by atoms with van der Waals surface area (Å²) in [6.07, 6.45) is 2.30. The Morgan fingerprint density at radius 2 is 2.04 bits per heavy atom. The van der Waals surface area contributed by atoms with E-state index >= 15 is 0 Å². The van der Waals surface area contributed by atoms with Gasteiger partial charge in [-0.3, -0.25) is 10.1 Å². The van der Waals surface area contributed by atoms with E-state index in [4.69, 9.17) is 0 Å². The molecule has 2 aromatic heterocycles. The Bertz CT molecular complexity index is 797. The highest BCUT2D eigenvalue weighted by Gasteiger charge is 2.11. The zero-order chi connectivity index (χ0) is 16.9. The second-order valence-electron chi connectivity index (χ2n) is 5.31. The van der Waals surface area contributed by atoms with E-state index in [1.165, 1.54) is 22.3 Å². The van der Waals surface area contributed by atoms with Crippen molar-refractivity contribution >= 4 is 22.4 Å². The monoisotopic (exact) mass is 344 g/mol. The van der Waals surface area contributed by atoms with Crippen molar-refractivity contribution in [2.24, 2.45) is 0 Å². The number of hydrogen-bond donors (Lipinski definition) is 1. The summed E-state index contributed by atoms with van der Waals surface area (Å²) in [6, 6.07) is 6.96. The van der Waals surface area contributed by atoms with Crippen LogP contribution in [0, 0.1) is 0 Å². The van der Waals surface area contributed by atoms with Crippen LogP contribution in [0.1, 0.15) is 15.4 Å². The van der Waals surface area contributed by atoms with Crippen LogP contribution in [0.2, 0.25) is 0 Å². The lowest BCUT2D eigenvalue weighted by molar-refractivity contribution is 0.102. The molecule has 124 valence electrons. The molecule has 0 aliphatic rings. The summed E-state index contributed by atoms with van der Waals surface area (Å²) in [4.78, 5) is 14.3. The van der Waals surface area contributed by atoms with Crippen molar-refractivity contribution in [1.29, 1.82) is 0 Å². The summed E-state index contributed by atoms with van der Waals surface area (Å²) in [7, 11) is 4.01. The Hall–Kier alpha value is -2.72. The number of nitrogens with one attached hydrogen (secondary N) is 1. The van der Waals surface area contributed by atoms with Gasteiger partial charge in [-0.15, -0.1) is 15.3 Å². The zero-order valence-corrected chi connectivity index (χ0v) is 14.1. The Morgan fingerprint density at radius 1 is 1.25 bits per heavy atom. The Morgan fingerprint density at radius 3 is 2.71 bits per heavy atom. The first kappa shape index (κ1) is 16.1. The van der Waals surface area contributed by atoms with Crippen molar-refractivity contribution in [2.45, 2.75) is 6.42 Å². The Kier molecular flexibility index (Phi) is 4.87. The van der Waals surface area contributed by atoms with E-state index in [9.17, 15) is 4.79 Å². The number of benzene rings is 1. The molecule has 3 aromatic rings. The summed E-state index contributed by atoms with van der Waals surface area (Å²) in [5.41, 5.74) is 1.30. The van der Waals surface area contributed by atoms with Crippen LogP contribution in [0.4, 0.5) is 5.13 Å². The molecule has 0 aliphatic carbocycles. The Labute approximate surface area is 142 Å². The smallest absolute Gasteiger partial charge is 0.257 e. The number of tetrazole rings is 1. The fourth-order valence-corrected chi connectivity index (χ4v) is 2.66. The van der Waals surface area contributed by atoms with Gasteiger partial charge in [0.25, 0.3) is 5.91 Å². The van der Waals surface area contributed by atoms with Crippen molar-refractivity contribution in [3.05, 3.63) is 41.2 Å². The number of aromatic nitrogens is 6. The zero-order valence-electron chi connectivity index (χ0n) is 13.2. The average molecular weight is 344 g/mol. The molecule has 0 radical (unpaired) electrons. The molecule has 9 nitrogen and oxygen atoms in total. The molecule has 0 saturated heterocycles. The van der Waals surface area contributed by atoms with Crippen molar-refractivity contribution in [1.82, 2.24) is 35.3 Å². The number of carbonyl (C=O) groups is 1. The van der Waals surface area contributed by atoms with E-state index < -0.39 is 0 Å². The second-order valence-corrected chi connectivity index (χ2v) is 6.37. The maximum absolute atomic E-state index is 12.3. The van der Waals surface area contributed by atoms with Gasteiger partial charge >= 0.3 is 0 Å². The molecule has 2 heterocycles. The van der Waals surface area contributed by atoms with Crippen LogP contribution >= 0.6 is 11.3 Å². The largest absolute Gasteiger partial charge is 0.309 e. The normalized spacial score (nSPS) is 11.0. The summed E-state index contributed by atoms with van der Waals surface area (Å²) < 4.78 is 1.52. The van der Waals surface area contributed by atoms with Gasteiger partial charge in [0.15, 0.2) is 0 Å². The minimum Gasteiger partial charge on any atom is -0.309 e. The molecule has 1 amide bonds. The van der Waals surface area contributed by atoms with Gasteiger partial charge < -0.3 is 4.90 Å². The fourth-order valence-electron chi connectivity index (χ4n) is 1.94. The molecular formula is C14H16N8OS. The minimum absolute atomic E-state index is 0.228. The van der Waals surface area contributed by atoms with Gasteiger partial charge in [0.1, 0.15) is 11.3 Å².